The van der Waals surface area contributed by atoms with Crippen molar-refractivity contribution >= 4 is 38.5 Å². The highest BCUT2D eigenvalue weighted by atomic mass is 15.1. The lowest BCUT2D eigenvalue weighted by Gasteiger charge is -2.12. The minimum Gasteiger partial charge on any atom is -0.251 e. The highest BCUT2D eigenvalue weighted by molar-refractivity contribution is 6.13. The molecule has 0 bridgehead atoms. The Labute approximate surface area is 158 Å². The summed E-state index contributed by atoms with van der Waals surface area (Å²) in [6.07, 6.45) is 0. The van der Waals surface area contributed by atoms with E-state index in [1.54, 1.807) is 0 Å². The third-order valence-corrected chi connectivity index (χ3v) is 5.79. The molecule has 3 aromatic heterocycles. The summed E-state index contributed by atoms with van der Waals surface area (Å²) in [4.78, 5) is 5.16. The van der Waals surface area contributed by atoms with Crippen molar-refractivity contribution in [2.24, 2.45) is 7.05 Å². The molecule has 0 aliphatic rings. The quantitative estimate of drug-likeness (QED) is 0.293. The van der Waals surface area contributed by atoms with Crippen LogP contribution < -0.4 is 4.57 Å². The molecule has 5 aromatic rings. The van der Waals surface area contributed by atoms with Gasteiger partial charge in [0.1, 0.15) is 5.52 Å². The van der Waals surface area contributed by atoms with Gasteiger partial charge in [-0.15, -0.1) is 0 Å². The van der Waals surface area contributed by atoms with Crippen molar-refractivity contribution in [3.8, 4) is 0 Å². The fraction of sp³-hybridized carbons (Fsp3) is 0.250. The number of benzene rings is 2. The fourth-order valence-corrected chi connectivity index (χ4v) is 4.44. The number of hydrogen-bond donors (Lipinski definition) is 0. The maximum absolute atomic E-state index is 5.16. The molecule has 0 radical (unpaired) electrons. The molecule has 0 saturated carbocycles. The van der Waals surface area contributed by atoms with Gasteiger partial charge < -0.3 is 0 Å². The van der Waals surface area contributed by atoms with E-state index >= 15 is 0 Å². The van der Waals surface area contributed by atoms with Crippen molar-refractivity contribution in [2.75, 3.05) is 0 Å². The van der Waals surface area contributed by atoms with E-state index < -0.39 is 0 Å². The predicted octanol–water partition coefficient (Wildman–Crippen LogP) is 5.36. The first kappa shape index (κ1) is 16.2. The van der Waals surface area contributed by atoms with Gasteiger partial charge in [-0.1, -0.05) is 38.1 Å². The van der Waals surface area contributed by atoms with Crippen LogP contribution in [0.2, 0.25) is 0 Å². The van der Waals surface area contributed by atoms with Crippen molar-refractivity contribution in [3.63, 3.8) is 0 Å². The first-order valence-corrected chi connectivity index (χ1v) is 9.60. The molecule has 27 heavy (non-hydrogen) atoms. The van der Waals surface area contributed by atoms with E-state index in [1.165, 1.54) is 44.1 Å². The molecule has 0 fully saturated rings. The molecule has 2 aromatic carbocycles. The van der Waals surface area contributed by atoms with Crippen LogP contribution in [0.25, 0.3) is 38.5 Å². The topological polar surface area (TPSA) is 21.2 Å². The second kappa shape index (κ2) is 5.53. The van der Waals surface area contributed by atoms with Gasteiger partial charge in [-0.2, -0.15) is 4.40 Å². The Morgan fingerprint density at radius 3 is 2.41 bits per heavy atom. The lowest BCUT2D eigenvalue weighted by molar-refractivity contribution is -0.617. The molecular formula is C24H24N3+. The van der Waals surface area contributed by atoms with Gasteiger partial charge in [-0.25, -0.2) is 4.57 Å². The first-order valence-electron chi connectivity index (χ1n) is 9.60. The van der Waals surface area contributed by atoms with Crippen LogP contribution in [0, 0.1) is 13.8 Å². The van der Waals surface area contributed by atoms with Gasteiger partial charge in [0.05, 0.1) is 23.3 Å². The summed E-state index contributed by atoms with van der Waals surface area (Å²) in [5.74, 6) is 0.406. The van der Waals surface area contributed by atoms with E-state index in [-0.39, 0.29) is 0 Å². The number of nitrogens with zero attached hydrogens (tertiary/aromatic N) is 3. The first-order chi connectivity index (χ1) is 13.0. The van der Waals surface area contributed by atoms with Gasteiger partial charge in [0.2, 0.25) is 0 Å². The second-order valence-corrected chi connectivity index (χ2v) is 7.92. The molecule has 3 heterocycles. The van der Waals surface area contributed by atoms with Crippen LogP contribution in [0.3, 0.4) is 0 Å². The maximum atomic E-state index is 5.16. The standard InChI is InChI=1S/C24H24N3/c1-14(2)17-13-16(4)22-23(25-17)21-15(3)9-8-12-20(21)27-19-11-7-6-10-18(19)26(5)24(22)27/h6-14H,1-5H3/q+1. The Morgan fingerprint density at radius 1 is 0.889 bits per heavy atom. The SMILES string of the molecule is Cc1cccc2c1c1nc(C(C)C)cc(C)c1c1n2c2ccccc2[n+]1C. The van der Waals surface area contributed by atoms with Crippen LogP contribution in [-0.2, 0) is 7.05 Å². The molecule has 0 unspecified atom stereocenters. The molecule has 5 rings (SSSR count). The van der Waals surface area contributed by atoms with Gasteiger partial charge in [0, 0.05) is 5.69 Å². The zero-order chi connectivity index (χ0) is 18.9. The molecule has 0 amide bonds. The summed E-state index contributed by atoms with van der Waals surface area (Å²) in [5, 5.41) is 2.51. The number of aryl methyl sites for hydroxylation is 3. The largest absolute Gasteiger partial charge is 0.297 e. The zero-order valence-corrected chi connectivity index (χ0v) is 16.5. The zero-order valence-electron chi connectivity index (χ0n) is 16.5. The average Bonchev–Trinajstić information content (AvgIpc) is 2.95. The third kappa shape index (κ3) is 2.08. The summed E-state index contributed by atoms with van der Waals surface area (Å²) in [5.41, 5.74) is 9.75. The average molecular weight is 354 g/mol. The molecule has 0 spiro atoms. The molecule has 134 valence electrons. The van der Waals surface area contributed by atoms with E-state index in [0.717, 1.165) is 11.2 Å². The molecule has 0 aliphatic heterocycles. The van der Waals surface area contributed by atoms with Gasteiger partial charge >= 0.3 is 0 Å². The van der Waals surface area contributed by atoms with Crippen molar-refractivity contribution in [3.05, 3.63) is 65.4 Å². The smallest absolute Gasteiger partial charge is 0.251 e. The highest BCUT2D eigenvalue weighted by Gasteiger charge is 2.25. The van der Waals surface area contributed by atoms with E-state index in [2.05, 4.69) is 92.2 Å². The summed E-state index contributed by atoms with van der Waals surface area (Å²) >= 11 is 0. The lowest BCUT2D eigenvalue weighted by Crippen LogP contribution is -2.27. The molecule has 3 heteroatoms. The van der Waals surface area contributed by atoms with E-state index in [4.69, 9.17) is 4.98 Å². The van der Waals surface area contributed by atoms with Gasteiger partial charge in [-0.3, -0.25) is 4.98 Å². The van der Waals surface area contributed by atoms with Gasteiger partial charge in [0.15, 0.2) is 11.0 Å². The monoisotopic (exact) mass is 354 g/mol. The summed E-state index contributed by atoms with van der Waals surface area (Å²) < 4.78 is 4.72. The number of aromatic nitrogens is 3. The van der Waals surface area contributed by atoms with E-state index in [1.807, 2.05) is 0 Å². The predicted molar refractivity (Wildman–Crippen MR) is 112 cm³/mol. The summed E-state index contributed by atoms with van der Waals surface area (Å²) in [7, 11) is 2.16. The number of pyridine rings is 2. The molecule has 0 saturated heterocycles. The van der Waals surface area contributed by atoms with Crippen LogP contribution in [0.5, 0.6) is 0 Å². The van der Waals surface area contributed by atoms with Crippen LogP contribution in [0.15, 0.2) is 48.5 Å². The lowest BCUT2D eigenvalue weighted by atomic mass is 10.00. The van der Waals surface area contributed by atoms with Gasteiger partial charge in [0.25, 0.3) is 5.65 Å². The number of fused-ring (bicyclic) bond motifs is 8. The van der Waals surface area contributed by atoms with E-state index in [0.29, 0.717) is 5.92 Å². The molecular weight excluding hydrogens is 330 g/mol. The number of rotatable bonds is 1. The van der Waals surface area contributed by atoms with Crippen molar-refractivity contribution in [1.82, 2.24) is 9.38 Å². The minimum atomic E-state index is 0.406. The third-order valence-electron chi connectivity index (χ3n) is 5.79. The molecule has 0 atom stereocenters. The Morgan fingerprint density at radius 2 is 1.63 bits per heavy atom. The molecule has 0 N–H and O–H groups in total. The number of para-hydroxylation sites is 2. The van der Waals surface area contributed by atoms with Crippen LogP contribution >= 0.6 is 0 Å². The number of hydrogen-bond acceptors (Lipinski definition) is 1. The Balaban J connectivity index is 2.22. The maximum Gasteiger partial charge on any atom is 0.297 e. The van der Waals surface area contributed by atoms with Gasteiger partial charge in [-0.05, 0) is 55.2 Å². The summed E-state index contributed by atoms with van der Waals surface area (Å²) in [6.45, 7) is 8.84. The van der Waals surface area contributed by atoms with Crippen molar-refractivity contribution in [2.45, 2.75) is 33.6 Å². The summed E-state index contributed by atoms with van der Waals surface area (Å²) in [6, 6.07) is 17.5. The minimum absolute atomic E-state index is 0.406. The second-order valence-electron chi connectivity index (χ2n) is 7.92. The van der Waals surface area contributed by atoms with Crippen LogP contribution in [0.4, 0.5) is 0 Å². The van der Waals surface area contributed by atoms with Crippen molar-refractivity contribution < 1.29 is 4.57 Å². The number of imidazole rings is 1. The Bertz CT molecular complexity index is 1370. The highest BCUT2D eigenvalue weighted by Crippen LogP contribution is 2.34. The van der Waals surface area contributed by atoms with E-state index in [9.17, 15) is 0 Å². The Hall–Kier alpha value is -2.94. The normalized spacial score (nSPS) is 12.2. The molecule has 0 aliphatic carbocycles. The van der Waals surface area contributed by atoms with Crippen LogP contribution in [0.1, 0.15) is 36.6 Å². The Kier molecular flexibility index (Phi) is 3.33. The molecule has 3 nitrogen and oxygen atoms in total. The van der Waals surface area contributed by atoms with Crippen molar-refractivity contribution in [1.29, 1.82) is 0 Å². The fourth-order valence-electron chi connectivity index (χ4n) is 4.44. The van der Waals surface area contributed by atoms with Crippen LogP contribution in [-0.4, -0.2) is 9.38 Å².